The first-order valence-corrected chi connectivity index (χ1v) is 7.31. The summed E-state index contributed by atoms with van der Waals surface area (Å²) in [5.74, 6) is 0. The number of hydrogen-bond donors (Lipinski definition) is 1. The largest absolute Gasteiger partial charge is 0.427 e. The van der Waals surface area contributed by atoms with Gasteiger partial charge in [0.05, 0.1) is 17.5 Å². The van der Waals surface area contributed by atoms with Gasteiger partial charge in [0.2, 0.25) is 5.69 Å². The lowest BCUT2D eigenvalue weighted by molar-refractivity contribution is -0.670. The minimum Gasteiger partial charge on any atom is -0.283 e. The first-order chi connectivity index (χ1) is 9.37. The molecule has 0 amide bonds. The van der Waals surface area contributed by atoms with Crippen LogP contribution in [0, 0.1) is 0 Å². The molecule has 0 aliphatic heterocycles. The first-order valence-electron chi connectivity index (χ1n) is 5.50. The second-order valence-corrected chi connectivity index (χ2v) is 5.54. The van der Waals surface area contributed by atoms with Crippen LogP contribution in [-0.2, 0) is 14.4 Å². The third-order valence-corrected chi connectivity index (χ3v) is 2.69. The van der Waals surface area contributed by atoms with E-state index in [1.807, 2.05) is 0 Å². The normalized spacial score (nSPS) is 12.4. The average Bonchev–Trinajstić information content (AvgIpc) is 2.82. The van der Waals surface area contributed by atoms with Gasteiger partial charge in [-0.1, -0.05) is 17.3 Å². The Hall–Kier alpha value is -2.42. The maximum Gasteiger partial charge on any atom is 0.427 e. The zero-order valence-corrected chi connectivity index (χ0v) is 11.5. The highest BCUT2D eigenvalue weighted by atomic mass is 32.2. The maximum absolute atomic E-state index is 11.0. The van der Waals surface area contributed by atoms with Crippen LogP contribution in [0.15, 0.2) is 44.9 Å². The number of para-hydroxylation sites is 1. The first kappa shape index (κ1) is 14.0. The van der Waals surface area contributed by atoms with Crippen LogP contribution >= 0.6 is 0 Å². The quantitative estimate of drug-likeness (QED) is 0.484. The predicted molar refractivity (Wildman–Crippen MR) is 69.0 cm³/mol. The minimum atomic E-state index is -3.67. The summed E-state index contributed by atoms with van der Waals surface area (Å²) in [5, 5.41) is 5.96. The minimum absolute atomic E-state index is 0.334. The number of benzene rings is 1. The van der Waals surface area contributed by atoms with Crippen molar-refractivity contribution in [3.05, 3.63) is 46.4 Å². The maximum atomic E-state index is 11.0. The summed E-state index contributed by atoms with van der Waals surface area (Å²) in [7, 11) is -3.67. The van der Waals surface area contributed by atoms with Crippen molar-refractivity contribution in [1.82, 2.24) is 5.27 Å². The van der Waals surface area contributed by atoms with Crippen LogP contribution in [-0.4, -0.2) is 25.7 Å². The molecule has 0 saturated carbocycles. The molecule has 2 aromatic rings. The topological polar surface area (TPSA) is 106 Å². The summed E-state index contributed by atoms with van der Waals surface area (Å²) in [5.41, 5.74) is 0.942. The third-order valence-electron chi connectivity index (χ3n) is 2.34. The van der Waals surface area contributed by atoms with Crippen LogP contribution in [0.1, 0.15) is 12.5 Å². The van der Waals surface area contributed by atoms with Crippen molar-refractivity contribution in [2.75, 3.05) is 6.26 Å². The second kappa shape index (κ2) is 5.29. The lowest BCUT2D eigenvalue weighted by atomic mass is 10.1. The van der Waals surface area contributed by atoms with Crippen LogP contribution < -0.4 is 10.3 Å². The lowest BCUT2D eigenvalue weighted by Crippen LogP contribution is -2.34. The van der Waals surface area contributed by atoms with Gasteiger partial charge in [-0.3, -0.25) is 8.81 Å². The number of oxime groups is 1. The van der Waals surface area contributed by atoms with Crippen molar-refractivity contribution in [3.63, 3.8) is 0 Å². The molecule has 106 valence electrons. The lowest BCUT2D eigenvalue weighted by Gasteiger charge is -2.01. The second-order valence-electron chi connectivity index (χ2n) is 3.98. The number of nitrogens with one attached hydrogen (secondary N) is 1. The highest BCUT2D eigenvalue weighted by Gasteiger charge is 2.18. The van der Waals surface area contributed by atoms with E-state index in [0.717, 1.165) is 6.26 Å². The van der Waals surface area contributed by atoms with Gasteiger partial charge < -0.3 is 0 Å². The summed E-state index contributed by atoms with van der Waals surface area (Å²) in [6.45, 7) is 1.59. The van der Waals surface area contributed by atoms with E-state index in [9.17, 15) is 13.2 Å². The molecule has 1 N–H and O–H groups in total. The summed E-state index contributed by atoms with van der Waals surface area (Å²) < 4.78 is 32.2. The van der Waals surface area contributed by atoms with Crippen molar-refractivity contribution in [3.8, 4) is 5.69 Å². The fourth-order valence-electron chi connectivity index (χ4n) is 1.53. The molecule has 0 bridgehead atoms. The molecule has 1 heterocycles. The Morgan fingerprint density at radius 1 is 1.40 bits per heavy atom. The van der Waals surface area contributed by atoms with Gasteiger partial charge in [-0.25, -0.2) is 4.79 Å². The van der Waals surface area contributed by atoms with E-state index in [1.165, 1.54) is 10.9 Å². The van der Waals surface area contributed by atoms with Crippen LogP contribution in [0.25, 0.3) is 5.69 Å². The Morgan fingerprint density at radius 3 is 2.70 bits per heavy atom. The molecule has 1 aromatic heterocycles. The number of aromatic amines is 1. The van der Waals surface area contributed by atoms with Gasteiger partial charge >= 0.3 is 15.7 Å². The van der Waals surface area contributed by atoms with E-state index >= 15 is 0 Å². The van der Waals surface area contributed by atoms with Gasteiger partial charge in [-0.05, 0) is 22.9 Å². The molecule has 0 atom stereocenters. The molecule has 20 heavy (non-hydrogen) atoms. The van der Waals surface area contributed by atoms with E-state index in [4.69, 9.17) is 0 Å². The van der Waals surface area contributed by atoms with E-state index in [-0.39, 0.29) is 0 Å². The van der Waals surface area contributed by atoms with Crippen molar-refractivity contribution in [2.45, 2.75) is 6.92 Å². The fraction of sp³-hybridized carbons (Fsp3) is 0.182. The molecule has 8 nitrogen and oxygen atoms in total. The van der Waals surface area contributed by atoms with Crippen molar-refractivity contribution in [2.24, 2.45) is 5.16 Å². The molecule has 0 spiro atoms. The predicted octanol–water partition coefficient (Wildman–Crippen LogP) is -0.0552. The van der Waals surface area contributed by atoms with Gasteiger partial charge in [-0.15, -0.1) is 0 Å². The van der Waals surface area contributed by atoms with Crippen LogP contribution in [0.3, 0.4) is 0 Å². The summed E-state index contributed by atoms with van der Waals surface area (Å²) in [6.07, 6.45) is 2.11. The molecule has 0 radical (unpaired) electrons. The number of H-pyrrole nitrogens is 1. The van der Waals surface area contributed by atoms with E-state index < -0.39 is 15.7 Å². The highest BCUT2D eigenvalue weighted by Crippen LogP contribution is 2.10. The molecule has 0 aliphatic carbocycles. The fourth-order valence-corrected chi connectivity index (χ4v) is 1.78. The standard InChI is InChI=1S/C11H11N3O5S/c1-8(12-19-20(2,16)17)9-5-3-4-6-10(9)14-7-11(15)18-13-14/h3-7H,1-2H3/p+1/b12-8-. The molecule has 0 fully saturated rings. The number of nitrogens with zero attached hydrogens (tertiary/aromatic N) is 2. The Kier molecular flexibility index (Phi) is 3.70. The van der Waals surface area contributed by atoms with Gasteiger partial charge in [0, 0.05) is 6.07 Å². The van der Waals surface area contributed by atoms with Crippen molar-refractivity contribution < 1.29 is 21.9 Å². The molecular formula is C11H12N3O5S+. The van der Waals surface area contributed by atoms with Gasteiger partial charge in [0.15, 0.2) is 0 Å². The number of hydrogen-bond acceptors (Lipinski definition) is 6. The monoisotopic (exact) mass is 298 g/mol. The van der Waals surface area contributed by atoms with Gasteiger partial charge in [0.25, 0.3) is 6.20 Å². The van der Waals surface area contributed by atoms with E-state index in [0.29, 0.717) is 17.0 Å². The average molecular weight is 298 g/mol. The molecule has 0 aliphatic rings. The Bertz CT molecular complexity index is 803. The van der Waals surface area contributed by atoms with Crippen molar-refractivity contribution >= 4 is 15.8 Å². The third kappa shape index (κ3) is 3.32. The number of rotatable bonds is 4. The molecular weight excluding hydrogens is 286 g/mol. The van der Waals surface area contributed by atoms with Gasteiger partial charge in [0.1, 0.15) is 0 Å². The Balaban J connectivity index is 2.45. The van der Waals surface area contributed by atoms with Crippen LogP contribution in [0.5, 0.6) is 0 Å². The highest BCUT2D eigenvalue weighted by molar-refractivity contribution is 7.85. The van der Waals surface area contributed by atoms with Crippen LogP contribution in [0.4, 0.5) is 0 Å². The summed E-state index contributed by atoms with van der Waals surface area (Å²) >= 11 is 0. The van der Waals surface area contributed by atoms with Gasteiger partial charge in [-0.2, -0.15) is 8.42 Å². The van der Waals surface area contributed by atoms with Crippen LogP contribution in [0.2, 0.25) is 0 Å². The number of aromatic nitrogens is 2. The molecule has 1 aromatic carbocycles. The SMILES string of the molecule is C/C(=N/OS(C)(=O)=O)c1ccccc1-[n+]1cc(=O)o[nH]1. The summed E-state index contributed by atoms with van der Waals surface area (Å²) in [4.78, 5) is 11.0. The Morgan fingerprint density at radius 2 is 2.10 bits per heavy atom. The van der Waals surface area contributed by atoms with E-state index in [1.54, 1.807) is 31.2 Å². The molecule has 9 heteroatoms. The zero-order valence-electron chi connectivity index (χ0n) is 10.7. The molecule has 2 rings (SSSR count). The Labute approximate surface area is 114 Å². The van der Waals surface area contributed by atoms with E-state index in [2.05, 4.69) is 19.2 Å². The molecule has 0 saturated heterocycles. The zero-order chi connectivity index (χ0) is 14.8. The van der Waals surface area contributed by atoms with Crippen molar-refractivity contribution in [1.29, 1.82) is 0 Å². The molecule has 0 unspecified atom stereocenters. The summed E-state index contributed by atoms with van der Waals surface area (Å²) in [6, 6.07) is 6.91. The smallest absolute Gasteiger partial charge is 0.283 e.